The first-order valence-corrected chi connectivity index (χ1v) is 14.4. The molecule has 0 saturated carbocycles. The molecule has 5 rings (SSSR count). The first kappa shape index (κ1) is 27.1. The Kier molecular flexibility index (Phi) is 7.44. The molecule has 40 heavy (non-hydrogen) atoms. The van der Waals surface area contributed by atoms with Crippen LogP contribution in [0.25, 0.3) is 10.8 Å². The third-order valence-corrected chi connectivity index (χ3v) is 7.77. The van der Waals surface area contributed by atoms with E-state index in [1.807, 2.05) is 42.8 Å². The number of hydrogen-bond donors (Lipinski definition) is 1. The summed E-state index contributed by atoms with van der Waals surface area (Å²) in [6, 6.07) is 14.3. The lowest BCUT2D eigenvalue weighted by Crippen LogP contribution is -2.33. The standard InChI is InChI=1S/C28H28N4O7S/c1-4-37-26-20-8-6-7-9-21(20)27(38-5-2)25-22(26)15-32(28(25)34)19-12-10-18(11-13-19)16-40(35,36)31-24(33)14-23-17(3)29-39-30-23/h6-13H,4-5,14-16H2,1-3H3,(H,31,33). The van der Waals surface area contributed by atoms with Gasteiger partial charge in [-0.05, 0) is 38.5 Å². The van der Waals surface area contributed by atoms with E-state index in [0.717, 1.165) is 16.3 Å². The number of sulfonamides is 1. The number of carbonyl (C=O) groups excluding carboxylic acids is 2. The summed E-state index contributed by atoms with van der Waals surface area (Å²) in [6.07, 6.45) is -0.270. The van der Waals surface area contributed by atoms with Crippen molar-refractivity contribution in [3.8, 4) is 11.5 Å². The van der Waals surface area contributed by atoms with Gasteiger partial charge in [-0.25, -0.2) is 13.0 Å². The maximum Gasteiger partial charge on any atom is 0.262 e. The third kappa shape index (κ3) is 5.22. The minimum atomic E-state index is -3.97. The van der Waals surface area contributed by atoms with Crippen molar-refractivity contribution in [3.63, 3.8) is 0 Å². The van der Waals surface area contributed by atoms with Gasteiger partial charge >= 0.3 is 0 Å². The Bertz CT molecular complexity index is 1700. The molecule has 1 N–H and O–H groups in total. The smallest absolute Gasteiger partial charge is 0.262 e. The van der Waals surface area contributed by atoms with Gasteiger partial charge < -0.3 is 14.4 Å². The summed E-state index contributed by atoms with van der Waals surface area (Å²) in [7, 11) is -3.97. The van der Waals surface area contributed by atoms with Gasteiger partial charge in [0.15, 0.2) is 0 Å². The van der Waals surface area contributed by atoms with Crippen molar-refractivity contribution in [3.05, 3.63) is 76.6 Å². The zero-order chi connectivity index (χ0) is 28.4. The number of amides is 2. The van der Waals surface area contributed by atoms with E-state index in [-0.39, 0.29) is 24.6 Å². The summed E-state index contributed by atoms with van der Waals surface area (Å²) in [5, 5.41) is 8.85. The maximum atomic E-state index is 13.7. The van der Waals surface area contributed by atoms with E-state index in [1.54, 1.807) is 36.1 Å². The molecule has 3 aromatic carbocycles. The van der Waals surface area contributed by atoms with Crippen LogP contribution < -0.4 is 19.1 Å². The Balaban J connectivity index is 1.37. The molecule has 1 aliphatic rings. The molecule has 4 aromatic rings. The average Bonchev–Trinajstić information content (AvgIpc) is 3.48. The molecule has 0 bridgehead atoms. The molecule has 0 spiro atoms. The quantitative estimate of drug-likeness (QED) is 0.305. The predicted octanol–water partition coefficient (Wildman–Crippen LogP) is 3.68. The molecule has 12 heteroatoms. The fourth-order valence-corrected chi connectivity index (χ4v) is 5.90. The number of aromatic nitrogens is 2. The van der Waals surface area contributed by atoms with E-state index in [9.17, 15) is 18.0 Å². The molecule has 1 aromatic heterocycles. The van der Waals surface area contributed by atoms with Crippen molar-refractivity contribution >= 4 is 38.3 Å². The van der Waals surface area contributed by atoms with Gasteiger partial charge in [0, 0.05) is 22.0 Å². The molecule has 1 aliphatic heterocycles. The number of ether oxygens (including phenoxy) is 2. The van der Waals surface area contributed by atoms with Crippen LogP contribution in [0.1, 0.15) is 46.7 Å². The number of rotatable bonds is 10. The molecular weight excluding hydrogens is 536 g/mol. The highest BCUT2D eigenvalue weighted by atomic mass is 32.2. The van der Waals surface area contributed by atoms with Gasteiger partial charge in [0.2, 0.25) is 15.9 Å². The van der Waals surface area contributed by atoms with Crippen molar-refractivity contribution < 1.29 is 32.1 Å². The van der Waals surface area contributed by atoms with Crippen LogP contribution in [0.2, 0.25) is 0 Å². The van der Waals surface area contributed by atoms with Crippen LogP contribution in [-0.4, -0.2) is 43.8 Å². The Morgan fingerprint density at radius 1 is 1.00 bits per heavy atom. The lowest BCUT2D eigenvalue weighted by atomic mass is 9.99. The molecule has 0 saturated heterocycles. The summed E-state index contributed by atoms with van der Waals surface area (Å²) in [6.45, 7) is 6.49. The summed E-state index contributed by atoms with van der Waals surface area (Å²) in [5.41, 5.74) is 2.94. The molecule has 0 radical (unpaired) electrons. The summed E-state index contributed by atoms with van der Waals surface area (Å²) in [5.74, 6) is -0.201. The molecule has 11 nitrogen and oxygen atoms in total. The van der Waals surface area contributed by atoms with Crippen LogP contribution >= 0.6 is 0 Å². The molecule has 2 heterocycles. The zero-order valence-electron chi connectivity index (χ0n) is 22.3. The first-order chi connectivity index (χ1) is 19.2. The molecule has 0 aliphatic carbocycles. The Hall–Kier alpha value is -4.45. The topological polar surface area (TPSA) is 141 Å². The van der Waals surface area contributed by atoms with Gasteiger partial charge in [0.25, 0.3) is 5.91 Å². The number of fused-ring (bicyclic) bond motifs is 2. The van der Waals surface area contributed by atoms with Crippen molar-refractivity contribution in [2.24, 2.45) is 0 Å². The predicted molar refractivity (Wildman–Crippen MR) is 147 cm³/mol. The van der Waals surface area contributed by atoms with Gasteiger partial charge in [-0.15, -0.1) is 0 Å². The first-order valence-electron chi connectivity index (χ1n) is 12.8. The molecular formula is C28H28N4O7S. The maximum absolute atomic E-state index is 13.7. The lowest BCUT2D eigenvalue weighted by Gasteiger charge is -2.16. The van der Waals surface area contributed by atoms with Crippen LogP contribution in [0.5, 0.6) is 11.5 Å². The van der Waals surface area contributed by atoms with Crippen molar-refractivity contribution in [2.45, 2.75) is 39.5 Å². The molecule has 0 unspecified atom stereocenters. The largest absolute Gasteiger partial charge is 0.493 e. The van der Waals surface area contributed by atoms with Crippen LogP contribution in [0.15, 0.2) is 53.2 Å². The van der Waals surface area contributed by atoms with Gasteiger partial charge in [0.1, 0.15) is 22.9 Å². The molecule has 0 atom stereocenters. The fraction of sp³-hybridized carbons (Fsp3) is 0.286. The highest BCUT2D eigenvalue weighted by Gasteiger charge is 2.36. The molecule has 0 fully saturated rings. The Morgan fingerprint density at radius 2 is 1.65 bits per heavy atom. The lowest BCUT2D eigenvalue weighted by molar-refractivity contribution is -0.118. The van der Waals surface area contributed by atoms with Crippen LogP contribution in [-0.2, 0) is 33.5 Å². The second-order valence-corrected chi connectivity index (χ2v) is 11.0. The van der Waals surface area contributed by atoms with Gasteiger partial charge in [0.05, 0.1) is 37.5 Å². The van der Waals surface area contributed by atoms with Gasteiger partial charge in [-0.2, -0.15) is 0 Å². The Labute approximate surface area is 231 Å². The normalized spacial score (nSPS) is 13.0. The van der Waals surface area contributed by atoms with Crippen molar-refractivity contribution in [1.29, 1.82) is 0 Å². The number of anilines is 1. The van der Waals surface area contributed by atoms with Gasteiger partial charge in [-0.1, -0.05) is 46.7 Å². The van der Waals surface area contributed by atoms with Crippen molar-refractivity contribution in [2.75, 3.05) is 18.1 Å². The minimum absolute atomic E-state index is 0.226. The number of nitrogens with zero attached hydrogens (tertiary/aromatic N) is 3. The number of aryl methyl sites for hydroxylation is 1. The van der Waals surface area contributed by atoms with E-state index in [1.165, 1.54) is 0 Å². The highest BCUT2D eigenvalue weighted by molar-refractivity contribution is 7.89. The number of benzene rings is 3. The van der Waals surface area contributed by atoms with E-state index in [0.29, 0.717) is 47.2 Å². The summed E-state index contributed by atoms with van der Waals surface area (Å²) >= 11 is 0. The van der Waals surface area contributed by atoms with Gasteiger partial charge in [-0.3, -0.25) is 14.3 Å². The highest BCUT2D eigenvalue weighted by Crippen LogP contribution is 2.46. The minimum Gasteiger partial charge on any atom is -0.493 e. The third-order valence-electron chi connectivity index (χ3n) is 6.52. The second kappa shape index (κ2) is 11.0. The summed E-state index contributed by atoms with van der Waals surface area (Å²) < 4.78 is 43.8. The fourth-order valence-electron chi connectivity index (χ4n) is 4.78. The average molecular weight is 565 g/mol. The second-order valence-electron chi connectivity index (χ2n) is 9.24. The SMILES string of the molecule is CCOc1c2c(c(OCC)c3ccccc13)C(=O)N(c1ccc(CS(=O)(=O)NC(=O)Cc3nonc3C)cc1)C2. The number of hydrogen-bond acceptors (Lipinski definition) is 9. The monoisotopic (exact) mass is 564 g/mol. The van der Waals surface area contributed by atoms with Crippen LogP contribution in [0.3, 0.4) is 0 Å². The summed E-state index contributed by atoms with van der Waals surface area (Å²) in [4.78, 5) is 27.5. The number of nitrogens with one attached hydrogen (secondary N) is 1. The Morgan fingerprint density at radius 3 is 2.27 bits per heavy atom. The van der Waals surface area contributed by atoms with E-state index < -0.39 is 21.7 Å². The molecule has 208 valence electrons. The number of carbonyl (C=O) groups is 2. The van der Waals surface area contributed by atoms with E-state index >= 15 is 0 Å². The van der Waals surface area contributed by atoms with Crippen LogP contribution in [0, 0.1) is 6.92 Å². The van der Waals surface area contributed by atoms with Crippen molar-refractivity contribution in [1.82, 2.24) is 15.0 Å². The van der Waals surface area contributed by atoms with E-state index in [2.05, 4.69) is 14.9 Å². The zero-order valence-corrected chi connectivity index (χ0v) is 23.1. The molecule has 2 amide bonds. The van der Waals surface area contributed by atoms with E-state index in [4.69, 9.17) is 9.47 Å². The van der Waals surface area contributed by atoms with Crippen LogP contribution in [0.4, 0.5) is 5.69 Å².